The van der Waals surface area contributed by atoms with Crippen molar-refractivity contribution in [2.75, 3.05) is 6.54 Å². The topological polar surface area (TPSA) is 64.0 Å². The smallest absolute Gasteiger partial charge is 0.253 e. The van der Waals surface area contributed by atoms with Crippen molar-refractivity contribution in [1.29, 1.82) is 0 Å². The van der Waals surface area contributed by atoms with E-state index in [1.165, 1.54) is 59.4 Å². The van der Waals surface area contributed by atoms with Gasteiger partial charge in [0.15, 0.2) is 0 Å². The fraction of sp³-hybridized carbons (Fsp3) is 0.150. The quantitative estimate of drug-likeness (QED) is 0.687. The number of halogens is 3. The van der Waals surface area contributed by atoms with E-state index in [1.807, 2.05) is 0 Å². The van der Waals surface area contributed by atoms with Crippen molar-refractivity contribution in [3.63, 3.8) is 0 Å². The van der Waals surface area contributed by atoms with Crippen LogP contribution in [0.15, 0.2) is 59.7 Å². The van der Waals surface area contributed by atoms with Crippen LogP contribution in [0.2, 0.25) is 5.02 Å². The molecule has 1 heterocycles. The van der Waals surface area contributed by atoms with Gasteiger partial charge in [-0.15, -0.1) is 0 Å². The van der Waals surface area contributed by atoms with Gasteiger partial charge in [0.1, 0.15) is 11.6 Å². The Kier molecular flexibility index (Phi) is 6.16. The Balaban J connectivity index is 1.58. The Bertz CT molecular complexity index is 1030. The summed E-state index contributed by atoms with van der Waals surface area (Å²) in [5.74, 6) is -1.32. The minimum atomic E-state index is -0.542. The van der Waals surface area contributed by atoms with E-state index < -0.39 is 11.7 Å². The first-order chi connectivity index (χ1) is 13.4. The second-order valence-corrected chi connectivity index (χ2v) is 6.45. The lowest BCUT2D eigenvalue weighted by Gasteiger charge is -2.09. The summed E-state index contributed by atoms with van der Waals surface area (Å²) >= 11 is 5.90. The number of rotatable bonds is 6. The number of hydrogen-bond donors (Lipinski definition) is 1. The Labute approximate surface area is 164 Å². The number of nitrogens with one attached hydrogen (secondary N) is 1. The first kappa shape index (κ1) is 19.7. The lowest BCUT2D eigenvalue weighted by atomic mass is 10.1. The Morgan fingerprint density at radius 3 is 2.57 bits per heavy atom. The monoisotopic (exact) mass is 403 g/mol. The summed E-state index contributed by atoms with van der Waals surface area (Å²) in [6.07, 6.45) is 1.17. The summed E-state index contributed by atoms with van der Waals surface area (Å²) < 4.78 is 28.0. The predicted molar refractivity (Wildman–Crippen MR) is 102 cm³/mol. The zero-order valence-corrected chi connectivity index (χ0v) is 15.4. The molecule has 0 aliphatic heterocycles. The van der Waals surface area contributed by atoms with Crippen LogP contribution >= 0.6 is 11.6 Å². The molecule has 3 rings (SSSR count). The van der Waals surface area contributed by atoms with Crippen LogP contribution in [0.4, 0.5) is 8.78 Å². The third-order valence-corrected chi connectivity index (χ3v) is 4.45. The minimum Gasteiger partial charge on any atom is -0.354 e. The minimum absolute atomic E-state index is 0.129. The van der Waals surface area contributed by atoms with Crippen molar-refractivity contribution in [2.45, 2.75) is 13.0 Å². The maximum absolute atomic E-state index is 13.7. The number of amides is 1. The van der Waals surface area contributed by atoms with Gasteiger partial charge < -0.3 is 5.32 Å². The van der Waals surface area contributed by atoms with Crippen LogP contribution in [0, 0.1) is 11.6 Å². The Morgan fingerprint density at radius 1 is 1.14 bits per heavy atom. The Morgan fingerprint density at radius 2 is 1.89 bits per heavy atom. The van der Waals surface area contributed by atoms with Crippen LogP contribution in [0.5, 0.6) is 0 Å². The molecule has 0 saturated heterocycles. The SMILES string of the molecule is O=C(Cc1c(F)cccc1Cl)NCCn1cnc(-c2ccc(F)cc2)cc1=O. The fourth-order valence-electron chi connectivity index (χ4n) is 2.61. The molecule has 0 bridgehead atoms. The molecule has 1 amide bonds. The van der Waals surface area contributed by atoms with E-state index in [-0.39, 0.29) is 41.5 Å². The van der Waals surface area contributed by atoms with E-state index in [0.717, 1.165) is 0 Å². The normalized spacial score (nSPS) is 10.7. The highest BCUT2D eigenvalue weighted by molar-refractivity contribution is 6.31. The van der Waals surface area contributed by atoms with E-state index in [9.17, 15) is 18.4 Å². The average molecular weight is 404 g/mol. The molecule has 0 aliphatic rings. The fourth-order valence-corrected chi connectivity index (χ4v) is 2.84. The standard InChI is InChI=1S/C20H16ClF2N3O2/c21-16-2-1-3-17(23)15(16)10-19(27)24-8-9-26-12-25-18(11-20(26)28)13-4-6-14(22)7-5-13/h1-7,11-12H,8-10H2,(H,24,27). The van der Waals surface area contributed by atoms with Gasteiger partial charge in [-0.1, -0.05) is 17.7 Å². The molecule has 0 radical (unpaired) electrons. The second kappa shape index (κ2) is 8.75. The van der Waals surface area contributed by atoms with Crippen molar-refractivity contribution < 1.29 is 13.6 Å². The van der Waals surface area contributed by atoms with Crippen LogP contribution in [0.1, 0.15) is 5.56 Å². The van der Waals surface area contributed by atoms with Gasteiger partial charge in [-0.2, -0.15) is 0 Å². The van der Waals surface area contributed by atoms with Gasteiger partial charge in [0, 0.05) is 35.3 Å². The van der Waals surface area contributed by atoms with Crippen molar-refractivity contribution in [3.8, 4) is 11.3 Å². The van der Waals surface area contributed by atoms with Gasteiger partial charge in [-0.25, -0.2) is 13.8 Å². The van der Waals surface area contributed by atoms with Crippen LogP contribution in [-0.2, 0) is 17.8 Å². The first-order valence-electron chi connectivity index (χ1n) is 8.46. The lowest BCUT2D eigenvalue weighted by Crippen LogP contribution is -2.32. The summed E-state index contributed by atoms with van der Waals surface area (Å²) in [5, 5.41) is 2.81. The van der Waals surface area contributed by atoms with Gasteiger partial charge in [0.25, 0.3) is 5.56 Å². The summed E-state index contributed by atoms with van der Waals surface area (Å²) in [6, 6.07) is 11.2. The van der Waals surface area contributed by atoms with Crippen LogP contribution in [0.25, 0.3) is 11.3 Å². The molecule has 0 atom stereocenters. The van der Waals surface area contributed by atoms with Crippen molar-refractivity contribution in [3.05, 3.63) is 87.4 Å². The molecule has 1 aromatic heterocycles. The average Bonchev–Trinajstić information content (AvgIpc) is 2.67. The molecule has 144 valence electrons. The highest BCUT2D eigenvalue weighted by atomic mass is 35.5. The molecule has 0 saturated carbocycles. The lowest BCUT2D eigenvalue weighted by molar-refractivity contribution is -0.120. The number of aromatic nitrogens is 2. The molecule has 0 fully saturated rings. The molecule has 1 N–H and O–H groups in total. The van der Waals surface area contributed by atoms with E-state index in [0.29, 0.717) is 11.3 Å². The van der Waals surface area contributed by atoms with Gasteiger partial charge in [-0.05, 0) is 36.4 Å². The summed E-state index contributed by atoms with van der Waals surface area (Å²) in [7, 11) is 0. The van der Waals surface area contributed by atoms with Crippen LogP contribution in [0.3, 0.4) is 0 Å². The van der Waals surface area contributed by atoms with Gasteiger partial charge in [-0.3, -0.25) is 14.2 Å². The highest BCUT2D eigenvalue weighted by Crippen LogP contribution is 2.19. The van der Waals surface area contributed by atoms with Crippen LogP contribution < -0.4 is 10.9 Å². The third-order valence-electron chi connectivity index (χ3n) is 4.09. The number of nitrogens with zero attached hydrogens (tertiary/aromatic N) is 2. The molecule has 28 heavy (non-hydrogen) atoms. The summed E-state index contributed by atoms with van der Waals surface area (Å²) in [6.45, 7) is 0.370. The number of carbonyl (C=O) groups is 1. The second-order valence-electron chi connectivity index (χ2n) is 6.04. The van der Waals surface area contributed by atoms with Crippen molar-refractivity contribution >= 4 is 17.5 Å². The number of benzene rings is 2. The maximum Gasteiger partial charge on any atom is 0.253 e. The zero-order chi connectivity index (χ0) is 20.1. The largest absolute Gasteiger partial charge is 0.354 e. The first-order valence-corrected chi connectivity index (χ1v) is 8.84. The third kappa shape index (κ3) is 4.80. The molecule has 8 heteroatoms. The summed E-state index contributed by atoms with van der Waals surface area (Å²) in [4.78, 5) is 28.4. The molecule has 0 unspecified atom stereocenters. The number of hydrogen-bond acceptors (Lipinski definition) is 3. The predicted octanol–water partition coefficient (Wildman–Crippen LogP) is 3.20. The molecule has 3 aromatic rings. The van der Waals surface area contributed by atoms with Crippen LogP contribution in [-0.4, -0.2) is 22.0 Å². The molecular formula is C20H16ClF2N3O2. The molecule has 0 aliphatic carbocycles. The van der Waals surface area contributed by atoms with E-state index in [2.05, 4.69) is 10.3 Å². The van der Waals surface area contributed by atoms with E-state index in [4.69, 9.17) is 11.6 Å². The maximum atomic E-state index is 13.7. The van der Waals surface area contributed by atoms with Gasteiger partial charge in [0.2, 0.25) is 5.91 Å². The molecule has 0 spiro atoms. The van der Waals surface area contributed by atoms with Gasteiger partial charge in [0.05, 0.1) is 18.4 Å². The Hall–Kier alpha value is -3.06. The van der Waals surface area contributed by atoms with Gasteiger partial charge >= 0.3 is 0 Å². The van der Waals surface area contributed by atoms with E-state index in [1.54, 1.807) is 0 Å². The molecule has 2 aromatic carbocycles. The number of carbonyl (C=O) groups excluding carboxylic acids is 1. The molecular weight excluding hydrogens is 388 g/mol. The highest BCUT2D eigenvalue weighted by Gasteiger charge is 2.11. The van der Waals surface area contributed by atoms with Crippen molar-refractivity contribution in [2.24, 2.45) is 0 Å². The van der Waals surface area contributed by atoms with E-state index >= 15 is 0 Å². The molecule has 5 nitrogen and oxygen atoms in total. The summed E-state index contributed by atoms with van der Waals surface area (Å²) in [5.41, 5.74) is 0.880. The van der Waals surface area contributed by atoms with Crippen molar-refractivity contribution in [1.82, 2.24) is 14.9 Å². The zero-order valence-electron chi connectivity index (χ0n) is 14.7.